The first-order chi connectivity index (χ1) is 7.11. The van der Waals surface area contributed by atoms with Gasteiger partial charge in [0, 0.05) is 12.1 Å². The van der Waals surface area contributed by atoms with E-state index in [-0.39, 0.29) is 10.3 Å². The van der Waals surface area contributed by atoms with E-state index in [9.17, 15) is 4.79 Å². The van der Waals surface area contributed by atoms with Crippen LogP contribution in [-0.2, 0) is 7.05 Å². The zero-order chi connectivity index (χ0) is 11.3. The van der Waals surface area contributed by atoms with Gasteiger partial charge in [0.25, 0.3) is 5.69 Å². The highest BCUT2D eigenvalue weighted by Crippen LogP contribution is 2.05. The van der Waals surface area contributed by atoms with Crippen molar-refractivity contribution in [1.82, 2.24) is 0 Å². The van der Waals surface area contributed by atoms with Crippen LogP contribution in [-0.4, -0.2) is 5.78 Å². The Morgan fingerprint density at radius 3 is 2.73 bits per heavy atom. The molecule has 2 nitrogen and oxygen atoms in total. The number of nitrogens with zero attached hydrogens (tertiary/aromatic N) is 1. The van der Waals surface area contributed by atoms with Crippen molar-refractivity contribution in [3.8, 4) is 0 Å². The van der Waals surface area contributed by atoms with Crippen molar-refractivity contribution >= 4 is 29.0 Å². The molecule has 0 aliphatic carbocycles. The zero-order valence-corrected chi connectivity index (χ0v) is 9.66. The lowest BCUT2D eigenvalue weighted by atomic mass is 10.2. The van der Waals surface area contributed by atoms with Gasteiger partial charge in [0.1, 0.15) is 11.5 Å². The molecule has 0 N–H and O–H groups in total. The normalized spacial score (nSPS) is 10.3. The topological polar surface area (TPSA) is 20.9 Å². The van der Waals surface area contributed by atoms with Gasteiger partial charge in [-0.3, -0.25) is 4.79 Å². The van der Waals surface area contributed by atoms with Crippen molar-refractivity contribution < 1.29 is 9.36 Å². The summed E-state index contributed by atoms with van der Waals surface area (Å²) < 4.78 is 1.87. The molecule has 0 atom stereocenters. The number of rotatable bonds is 3. The summed E-state index contributed by atoms with van der Waals surface area (Å²) in [7, 11) is 1.81. The second-order valence-corrected chi connectivity index (χ2v) is 3.88. The van der Waals surface area contributed by atoms with Crippen LogP contribution in [0.1, 0.15) is 10.5 Å². The standard InChI is InChI=1S/C11H10Cl2NO/c1-14-8-3-2-5-9(14)10(15)6-4-7-11(12)13/h2-8H,1H3/q+1. The maximum absolute atomic E-state index is 11.6. The first kappa shape index (κ1) is 12.0. The predicted molar refractivity (Wildman–Crippen MR) is 60.9 cm³/mol. The van der Waals surface area contributed by atoms with Crippen LogP contribution in [0.3, 0.4) is 0 Å². The van der Waals surface area contributed by atoms with Gasteiger partial charge in [-0.25, -0.2) is 0 Å². The van der Waals surface area contributed by atoms with Crippen LogP contribution in [0.4, 0.5) is 0 Å². The smallest absolute Gasteiger partial charge is 0.252 e. The average molecular weight is 243 g/mol. The summed E-state index contributed by atoms with van der Waals surface area (Å²) in [4.78, 5) is 11.6. The fourth-order valence-electron chi connectivity index (χ4n) is 1.07. The molecular weight excluding hydrogens is 233 g/mol. The highest BCUT2D eigenvalue weighted by atomic mass is 35.5. The van der Waals surface area contributed by atoms with E-state index < -0.39 is 0 Å². The third kappa shape index (κ3) is 3.86. The first-order valence-corrected chi connectivity index (χ1v) is 5.05. The van der Waals surface area contributed by atoms with Gasteiger partial charge >= 0.3 is 0 Å². The number of hydrogen-bond acceptors (Lipinski definition) is 1. The lowest BCUT2D eigenvalue weighted by Crippen LogP contribution is -2.34. The summed E-state index contributed by atoms with van der Waals surface area (Å²) in [6.45, 7) is 0. The molecule has 0 radical (unpaired) electrons. The highest BCUT2D eigenvalue weighted by Gasteiger charge is 2.11. The van der Waals surface area contributed by atoms with Gasteiger partial charge in [-0.05, 0) is 18.2 Å². The van der Waals surface area contributed by atoms with Gasteiger partial charge in [0.05, 0.1) is 0 Å². The average Bonchev–Trinajstić information content (AvgIpc) is 2.17. The van der Waals surface area contributed by atoms with E-state index in [0.29, 0.717) is 5.69 Å². The summed E-state index contributed by atoms with van der Waals surface area (Å²) >= 11 is 10.8. The molecule has 1 aromatic heterocycles. The SMILES string of the molecule is C[n+]1ccccc1C(=O)C=CC=C(Cl)Cl. The van der Waals surface area contributed by atoms with Crippen LogP contribution >= 0.6 is 23.2 Å². The summed E-state index contributed by atoms with van der Waals surface area (Å²) in [5.41, 5.74) is 0.604. The molecule has 1 heterocycles. The molecule has 0 aliphatic heterocycles. The van der Waals surface area contributed by atoms with Crippen LogP contribution in [0.5, 0.6) is 0 Å². The molecule has 0 saturated carbocycles. The Labute approximate surface area is 98.4 Å². The molecule has 0 fully saturated rings. The van der Waals surface area contributed by atoms with Gasteiger partial charge < -0.3 is 0 Å². The lowest BCUT2D eigenvalue weighted by molar-refractivity contribution is -0.673. The van der Waals surface area contributed by atoms with Crippen molar-refractivity contribution in [2.45, 2.75) is 0 Å². The monoisotopic (exact) mass is 242 g/mol. The molecule has 1 rings (SSSR count). The van der Waals surface area contributed by atoms with E-state index in [1.165, 1.54) is 18.2 Å². The minimum Gasteiger partial charge on any atom is -0.282 e. The largest absolute Gasteiger partial charge is 0.282 e. The first-order valence-electron chi connectivity index (χ1n) is 4.29. The Bertz CT molecular complexity index is 420. The van der Waals surface area contributed by atoms with Crippen LogP contribution in [0.2, 0.25) is 0 Å². The highest BCUT2D eigenvalue weighted by molar-refractivity contribution is 6.56. The van der Waals surface area contributed by atoms with Crippen molar-refractivity contribution in [3.05, 3.63) is 52.8 Å². The van der Waals surface area contributed by atoms with Crippen LogP contribution in [0, 0.1) is 0 Å². The molecule has 4 heteroatoms. The number of ketones is 1. The number of allylic oxidation sites excluding steroid dienone is 3. The Hall–Kier alpha value is -1.12. The molecule has 0 bridgehead atoms. The number of aryl methyl sites for hydroxylation is 1. The molecule has 0 saturated heterocycles. The van der Waals surface area contributed by atoms with E-state index in [4.69, 9.17) is 23.2 Å². The molecule has 0 aromatic carbocycles. The van der Waals surface area contributed by atoms with E-state index in [2.05, 4.69) is 0 Å². The minimum absolute atomic E-state index is 0.0936. The number of aromatic nitrogens is 1. The molecule has 0 spiro atoms. The van der Waals surface area contributed by atoms with Crippen LogP contribution in [0.25, 0.3) is 0 Å². The van der Waals surface area contributed by atoms with E-state index in [1.54, 1.807) is 10.6 Å². The van der Waals surface area contributed by atoms with E-state index in [1.807, 2.05) is 25.4 Å². The zero-order valence-electron chi connectivity index (χ0n) is 8.15. The third-order valence-electron chi connectivity index (χ3n) is 1.78. The number of pyridine rings is 1. The van der Waals surface area contributed by atoms with Gasteiger partial charge in [0.15, 0.2) is 6.20 Å². The summed E-state index contributed by atoms with van der Waals surface area (Å²) in [5, 5.41) is 0. The molecule has 0 aliphatic rings. The number of hydrogen-bond donors (Lipinski definition) is 0. The molecule has 0 amide bonds. The number of carbonyl (C=O) groups is 1. The van der Waals surface area contributed by atoms with Gasteiger partial charge in [0.2, 0.25) is 5.78 Å². The van der Waals surface area contributed by atoms with Crippen molar-refractivity contribution in [3.63, 3.8) is 0 Å². The summed E-state index contributed by atoms with van der Waals surface area (Å²) in [6, 6.07) is 5.42. The predicted octanol–water partition coefficient (Wildman–Crippen LogP) is 2.57. The van der Waals surface area contributed by atoms with Crippen molar-refractivity contribution in [2.24, 2.45) is 7.05 Å². The third-order valence-corrected chi connectivity index (χ3v) is 2.03. The fraction of sp³-hybridized carbons (Fsp3) is 0.0909. The van der Waals surface area contributed by atoms with Gasteiger partial charge in [-0.15, -0.1) is 0 Å². The maximum Gasteiger partial charge on any atom is 0.252 e. The molecule has 1 aromatic rings. The molecule has 15 heavy (non-hydrogen) atoms. The Morgan fingerprint density at radius 1 is 1.40 bits per heavy atom. The van der Waals surface area contributed by atoms with Gasteiger partial charge in [-0.2, -0.15) is 4.57 Å². The minimum atomic E-state index is -0.0936. The summed E-state index contributed by atoms with van der Waals surface area (Å²) in [5.74, 6) is -0.0936. The Balaban J connectivity index is 2.83. The maximum atomic E-state index is 11.6. The summed E-state index contributed by atoms with van der Waals surface area (Å²) in [6.07, 6.45) is 6.19. The molecule has 0 unspecified atom stereocenters. The van der Waals surface area contributed by atoms with Crippen LogP contribution in [0.15, 0.2) is 47.1 Å². The second-order valence-electron chi connectivity index (χ2n) is 2.88. The Kier molecular flexibility index (Phi) is 4.53. The van der Waals surface area contributed by atoms with Crippen molar-refractivity contribution in [1.29, 1.82) is 0 Å². The fourth-order valence-corrected chi connectivity index (χ4v) is 1.22. The number of carbonyl (C=O) groups excluding carboxylic acids is 1. The second kappa shape index (κ2) is 5.69. The van der Waals surface area contributed by atoms with Crippen LogP contribution < -0.4 is 4.57 Å². The number of halogens is 2. The Morgan fingerprint density at radius 2 is 2.13 bits per heavy atom. The van der Waals surface area contributed by atoms with E-state index >= 15 is 0 Å². The molecule has 78 valence electrons. The molecular formula is C11H10Cl2NO+. The lowest BCUT2D eigenvalue weighted by Gasteiger charge is -1.93. The van der Waals surface area contributed by atoms with Gasteiger partial charge in [-0.1, -0.05) is 29.3 Å². The van der Waals surface area contributed by atoms with Crippen molar-refractivity contribution in [2.75, 3.05) is 0 Å². The van der Waals surface area contributed by atoms with E-state index in [0.717, 1.165) is 0 Å². The quantitative estimate of drug-likeness (QED) is 0.346.